The maximum atomic E-state index is 11.8. The fourth-order valence-electron chi connectivity index (χ4n) is 1.80. The van der Waals surface area contributed by atoms with Crippen molar-refractivity contribution in [1.29, 1.82) is 0 Å². The summed E-state index contributed by atoms with van der Waals surface area (Å²) in [5.41, 5.74) is 2.41. The zero-order chi connectivity index (χ0) is 12.4. The summed E-state index contributed by atoms with van der Waals surface area (Å²) in [6.45, 7) is 3.83. The molecule has 0 spiro atoms. The Morgan fingerprint density at radius 1 is 1.41 bits per heavy atom. The molecule has 17 heavy (non-hydrogen) atoms. The maximum Gasteiger partial charge on any atom is 0.254 e. The van der Waals surface area contributed by atoms with Crippen LogP contribution in [0.25, 0.3) is 11.4 Å². The number of aromatic nitrogens is 2. The van der Waals surface area contributed by atoms with E-state index >= 15 is 0 Å². The van der Waals surface area contributed by atoms with Crippen LogP contribution in [0.3, 0.4) is 0 Å². The van der Waals surface area contributed by atoms with Crippen LogP contribution in [0.5, 0.6) is 0 Å². The van der Waals surface area contributed by atoms with E-state index in [-0.39, 0.29) is 5.56 Å². The molecule has 2 rings (SSSR count). The first-order valence-corrected chi connectivity index (χ1v) is 6.27. The number of hydrogen-bond acceptors (Lipinski definition) is 2. The number of nitrogens with zero attached hydrogens (tertiary/aromatic N) is 1. The molecule has 0 aliphatic carbocycles. The molecule has 0 unspecified atom stereocenters. The summed E-state index contributed by atoms with van der Waals surface area (Å²) in [7, 11) is 0. The highest BCUT2D eigenvalue weighted by molar-refractivity contribution is 9.10. The summed E-state index contributed by atoms with van der Waals surface area (Å²) < 4.78 is 0.967. The zero-order valence-corrected chi connectivity index (χ0v) is 11.3. The molecule has 1 aromatic heterocycles. The summed E-state index contributed by atoms with van der Waals surface area (Å²) in [5.74, 6) is 0.617. The predicted molar refractivity (Wildman–Crippen MR) is 72.1 cm³/mol. The van der Waals surface area contributed by atoms with Gasteiger partial charge in [-0.15, -0.1) is 0 Å². The van der Waals surface area contributed by atoms with Crippen LogP contribution in [0.4, 0.5) is 0 Å². The van der Waals surface area contributed by atoms with Gasteiger partial charge in [0.25, 0.3) is 5.56 Å². The van der Waals surface area contributed by atoms with Crippen LogP contribution in [-0.4, -0.2) is 9.97 Å². The minimum atomic E-state index is -0.0463. The molecule has 0 aliphatic heterocycles. The van der Waals surface area contributed by atoms with Crippen molar-refractivity contribution in [1.82, 2.24) is 9.97 Å². The molecule has 0 amide bonds. The Hall–Kier alpha value is -1.42. The molecule has 1 N–H and O–H groups in total. The van der Waals surface area contributed by atoms with Crippen LogP contribution in [-0.2, 0) is 6.42 Å². The molecule has 0 atom stereocenters. The molecule has 2 aromatic rings. The van der Waals surface area contributed by atoms with Gasteiger partial charge in [-0.25, -0.2) is 4.98 Å². The Morgan fingerprint density at radius 2 is 2.18 bits per heavy atom. The topological polar surface area (TPSA) is 45.8 Å². The summed E-state index contributed by atoms with van der Waals surface area (Å²) in [4.78, 5) is 19.1. The minimum Gasteiger partial charge on any atom is -0.306 e. The average molecular weight is 293 g/mol. The second kappa shape index (κ2) is 4.84. The van der Waals surface area contributed by atoms with Gasteiger partial charge in [0.2, 0.25) is 0 Å². The largest absolute Gasteiger partial charge is 0.306 e. The third kappa shape index (κ3) is 2.47. The van der Waals surface area contributed by atoms with Crippen LogP contribution < -0.4 is 5.56 Å². The molecule has 1 heterocycles. The number of aryl methyl sites for hydroxylation is 1. The first kappa shape index (κ1) is 12.0. The highest BCUT2D eigenvalue weighted by atomic mass is 79.9. The highest BCUT2D eigenvalue weighted by Crippen LogP contribution is 2.19. The molecule has 0 saturated heterocycles. The Labute approximate surface area is 108 Å². The second-order valence-electron chi connectivity index (χ2n) is 3.84. The van der Waals surface area contributed by atoms with Crippen LogP contribution in [0.2, 0.25) is 0 Å². The fourth-order valence-corrected chi connectivity index (χ4v) is 2.20. The number of nitrogens with one attached hydrogen (secondary N) is 1. The molecular formula is C13H13BrN2O. The van der Waals surface area contributed by atoms with E-state index in [4.69, 9.17) is 0 Å². The maximum absolute atomic E-state index is 11.8. The lowest BCUT2D eigenvalue weighted by Gasteiger charge is -2.05. The van der Waals surface area contributed by atoms with Crippen molar-refractivity contribution in [2.75, 3.05) is 0 Å². The first-order chi connectivity index (χ1) is 8.11. The molecule has 1 aromatic carbocycles. The molecule has 0 bridgehead atoms. The smallest absolute Gasteiger partial charge is 0.254 e. The van der Waals surface area contributed by atoms with Crippen LogP contribution in [0, 0.1) is 6.92 Å². The van der Waals surface area contributed by atoms with E-state index in [1.54, 1.807) is 0 Å². The van der Waals surface area contributed by atoms with Gasteiger partial charge in [0.1, 0.15) is 5.82 Å². The van der Waals surface area contributed by atoms with Gasteiger partial charge in [0.15, 0.2) is 0 Å². The summed E-state index contributed by atoms with van der Waals surface area (Å²) in [6, 6.07) is 7.72. The van der Waals surface area contributed by atoms with Crippen molar-refractivity contribution < 1.29 is 0 Å². The van der Waals surface area contributed by atoms with E-state index in [9.17, 15) is 4.79 Å². The molecule has 88 valence electrons. The Bertz CT molecular complexity index is 605. The second-order valence-corrected chi connectivity index (χ2v) is 4.76. The van der Waals surface area contributed by atoms with Crippen molar-refractivity contribution in [3.05, 3.63) is 50.3 Å². The molecular weight excluding hydrogens is 280 g/mol. The van der Waals surface area contributed by atoms with Crippen molar-refractivity contribution in [3.8, 4) is 11.4 Å². The summed E-state index contributed by atoms with van der Waals surface area (Å²) in [5, 5.41) is 0. The van der Waals surface area contributed by atoms with E-state index < -0.39 is 0 Å². The van der Waals surface area contributed by atoms with Crippen LogP contribution in [0.15, 0.2) is 33.5 Å². The van der Waals surface area contributed by atoms with Gasteiger partial charge >= 0.3 is 0 Å². The number of H-pyrrole nitrogens is 1. The zero-order valence-electron chi connectivity index (χ0n) is 9.75. The van der Waals surface area contributed by atoms with E-state index in [2.05, 4.69) is 25.9 Å². The Kier molecular flexibility index (Phi) is 3.43. The molecule has 4 heteroatoms. The van der Waals surface area contributed by atoms with Crippen LogP contribution in [0.1, 0.15) is 18.2 Å². The lowest BCUT2D eigenvalue weighted by molar-refractivity contribution is 0.968. The van der Waals surface area contributed by atoms with Crippen molar-refractivity contribution in [3.63, 3.8) is 0 Å². The van der Waals surface area contributed by atoms with Gasteiger partial charge in [-0.1, -0.05) is 35.0 Å². The highest BCUT2D eigenvalue weighted by Gasteiger charge is 2.07. The normalized spacial score (nSPS) is 10.5. The number of benzene rings is 1. The van der Waals surface area contributed by atoms with Gasteiger partial charge in [-0.2, -0.15) is 0 Å². The van der Waals surface area contributed by atoms with Gasteiger partial charge in [-0.05, 0) is 25.5 Å². The molecule has 0 aliphatic rings. The van der Waals surface area contributed by atoms with Gasteiger partial charge in [0, 0.05) is 21.3 Å². The number of hydrogen-bond donors (Lipinski definition) is 1. The van der Waals surface area contributed by atoms with Crippen molar-refractivity contribution in [2.24, 2.45) is 0 Å². The lowest BCUT2D eigenvalue weighted by Crippen LogP contribution is -2.16. The monoisotopic (exact) mass is 292 g/mol. The number of rotatable bonds is 2. The fraction of sp³-hybridized carbons (Fsp3) is 0.231. The Balaban J connectivity index is 2.58. The van der Waals surface area contributed by atoms with E-state index in [0.717, 1.165) is 21.3 Å². The SMILES string of the molecule is CCc1c(C)nc(-c2cccc(Br)c2)[nH]c1=O. The quantitative estimate of drug-likeness (QED) is 0.925. The standard InChI is InChI=1S/C13H13BrN2O/c1-3-11-8(2)15-12(16-13(11)17)9-5-4-6-10(14)7-9/h4-7H,3H2,1-2H3,(H,15,16,17). The van der Waals surface area contributed by atoms with Crippen LogP contribution >= 0.6 is 15.9 Å². The molecule has 3 nitrogen and oxygen atoms in total. The van der Waals surface area contributed by atoms with Crippen molar-refractivity contribution >= 4 is 15.9 Å². The van der Waals surface area contributed by atoms with Gasteiger partial charge < -0.3 is 4.98 Å². The first-order valence-electron chi connectivity index (χ1n) is 5.47. The van der Waals surface area contributed by atoms with E-state index in [0.29, 0.717) is 12.2 Å². The summed E-state index contributed by atoms with van der Waals surface area (Å²) >= 11 is 3.40. The molecule has 0 radical (unpaired) electrons. The predicted octanol–water partition coefficient (Wildman–Crippen LogP) is 3.07. The van der Waals surface area contributed by atoms with Gasteiger partial charge in [-0.3, -0.25) is 4.79 Å². The number of halogens is 1. The number of aromatic amines is 1. The lowest BCUT2D eigenvalue weighted by atomic mass is 10.1. The van der Waals surface area contributed by atoms with E-state index in [1.807, 2.05) is 38.1 Å². The van der Waals surface area contributed by atoms with Crippen molar-refractivity contribution in [2.45, 2.75) is 20.3 Å². The third-order valence-corrected chi connectivity index (χ3v) is 3.17. The average Bonchev–Trinajstić information content (AvgIpc) is 2.28. The third-order valence-electron chi connectivity index (χ3n) is 2.67. The molecule has 0 fully saturated rings. The van der Waals surface area contributed by atoms with Gasteiger partial charge in [0.05, 0.1) is 0 Å². The summed E-state index contributed by atoms with van der Waals surface area (Å²) in [6.07, 6.45) is 0.701. The van der Waals surface area contributed by atoms with E-state index in [1.165, 1.54) is 0 Å². The minimum absolute atomic E-state index is 0.0463. The Morgan fingerprint density at radius 3 is 2.76 bits per heavy atom. The molecule has 0 saturated carbocycles.